The number of carboxylic acids is 1. The smallest absolute Gasteiger partial charge is 0.407 e. The molecule has 0 aromatic heterocycles. The Labute approximate surface area is 319 Å². The van der Waals surface area contributed by atoms with E-state index in [0.29, 0.717) is 66.4 Å². The monoisotopic (exact) mass is 764 g/mol. The largest absolute Gasteiger partial charge is 0.508 e. The van der Waals surface area contributed by atoms with Crippen LogP contribution in [-0.4, -0.2) is 95.7 Å². The summed E-state index contributed by atoms with van der Waals surface area (Å²) in [7, 11) is 0. The van der Waals surface area contributed by atoms with Gasteiger partial charge in [-0.15, -0.1) is 0 Å². The zero-order valence-electron chi connectivity index (χ0n) is 32.8. The van der Waals surface area contributed by atoms with Gasteiger partial charge in [0.15, 0.2) is 1.41 Å². The molecule has 0 radical (unpaired) electrons. The van der Waals surface area contributed by atoms with Crippen molar-refractivity contribution in [3.8, 4) is 5.75 Å². The quantitative estimate of drug-likeness (QED) is 0.0752. The first kappa shape index (κ1) is 43.4. The average Bonchev–Trinajstić information content (AvgIpc) is 3.13. The third-order valence-electron chi connectivity index (χ3n) is 9.34. The number of rotatable bonds is 24. The molecule has 1 aliphatic carbocycles. The topological polar surface area (TPSA) is 212 Å². The van der Waals surface area contributed by atoms with Gasteiger partial charge in [0.05, 0.1) is 13.2 Å². The molecule has 298 valence electrons. The molecule has 0 unspecified atom stereocenters. The Bertz CT molecular complexity index is 1370. The summed E-state index contributed by atoms with van der Waals surface area (Å²) in [6.07, 6.45) is 9.75. The third-order valence-corrected chi connectivity index (χ3v) is 9.99. The molecule has 0 spiro atoms. The maximum absolute atomic E-state index is 13.8. The minimum atomic E-state index is -1.38. The van der Waals surface area contributed by atoms with Gasteiger partial charge in [-0.1, -0.05) is 51.9 Å². The van der Waals surface area contributed by atoms with E-state index in [0.717, 1.165) is 38.5 Å². The van der Waals surface area contributed by atoms with Gasteiger partial charge in [0, 0.05) is 19.4 Å². The second-order valence-corrected chi connectivity index (χ2v) is 14.8. The predicted octanol–water partition coefficient (Wildman–Crippen LogP) is 4.02. The molecule has 3 atom stereocenters. The van der Waals surface area contributed by atoms with Gasteiger partial charge in [0.2, 0.25) is 23.6 Å². The summed E-state index contributed by atoms with van der Waals surface area (Å²) in [5.41, 5.74) is 1.97. The van der Waals surface area contributed by atoms with Gasteiger partial charge in [-0.25, -0.2) is 4.79 Å². The van der Waals surface area contributed by atoms with Crippen molar-refractivity contribution in [1.82, 2.24) is 26.6 Å². The first-order valence-corrected chi connectivity index (χ1v) is 20.3. The van der Waals surface area contributed by atoms with E-state index in [1.165, 1.54) is 23.9 Å². The number of phenolic OH excluding ortho intramolecular Hbond substituents is 1. The summed E-state index contributed by atoms with van der Waals surface area (Å²) < 4.78 is 13.8. The molecule has 15 heteroatoms. The summed E-state index contributed by atoms with van der Waals surface area (Å²) in [5, 5.41) is 30.3. The van der Waals surface area contributed by atoms with Gasteiger partial charge in [0.1, 0.15) is 23.9 Å². The number of ether oxygens (including phenoxy) is 1. The van der Waals surface area contributed by atoms with Gasteiger partial charge < -0.3 is 41.5 Å². The molecule has 14 nitrogen and oxygen atoms in total. The lowest BCUT2D eigenvalue weighted by Crippen LogP contribution is -2.56. The SMILES string of the molecule is [2H]N(C(=O)OCCCC)[C@@H](Cc1c(C)cc(O)cc1C)C(=O)N[C@@H](CCSC)C(=O)NCC(=O)N[C@@H](CC1CCCCC1)C(=O)NCCCCCC(=O)O. The van der Waals surface area contributed by atoms with Crippen LogP contribution in [0.25, 0.3) is 0 Å². The number of phenols is 1. The number of hydrogen-bond donors (Lipinski definition) is 7. The van der Waals surface area contributed by atoms with E-state index in [1.807, 2.05) is 13.2 Å². The van der Waals surface area contributed by atoms with E-state index in [-0.39, 0.29) is 43.4 Å². The van der Waals surface area contributed by atoms with Crippen LogP contribution in [0.1, 0.15) is 107 Å². The van der Waals surface area contributed by atoms with Gasteiger partial charge in [-0.3, -0.25) is 24.0 Å². The molecular weight excluding hydrogens is 703 g/mol. The molecule has 1 saturated carbocycles. The number of carbonyl (C=O) groups is 6. The Hall–Kier alpha value is -4.01. The summed E-state index contributed by atoms with van der Waals surface area (Å²) in [5.74, 6) is -2.37. The molecule has 53 heavy (non-hydrogen) atoms. The predicted molar refractivity (Wildman–Crippen MR) is 205 cm³/mol. The van der Waals surface area contributed by atoms with Crippen LogP contribution in [0.3, 0.4) is 0 Å². The number of aromatic hydroxyl groups is 1. The lowest BCUT2D eigenvalue weighted by Gasteiger charge is -2.27. The van der Waals surface area contributed by atoms with Crippen LogP contribution in [0, 0.1) is 19.8 Å². The maximum Gasteiger partial charge on any atom is 0.407 e. The second kappa shape index (κ2) is 25.1. The number of amides is 5. The number of aryl methyl sites for hydroxylation is 2. The summed E-state index contributed by atoms with van der Waals surface area (Å²) in [4.78, 5) is 77.3. The number of unbranched alkanes of at least 4 members (excludes halogenated alkanes) is 3. The highest BCUT2D eigenvalue weighted by Crippen LogP contribution is 2.27. The minimum absolute atomic E-state index is 0.0418. The molecule has 0 aliphatic heterocycles. The number of carboxylic acid groups (broad SMARTS) is 1. The Balaban J connectivity index is 2.14. The molecule has 0 saturated heterocycles. The molecular formula is C38H61N5O9S. The highest BCUT2D eigenvalue weighted by Gasteiger charge is 2.30. The van der Waals surface area contributed by atoms with Gasteiger partial charge in [-0.2, -0.15) is 11.8 Å². The van der Waals surface area contributed by atoms with Gasteiger partial charge in [-0.05, 0) is 92.7 Å². The fourth-order valence-electron chi connectivity index (χ4n) is 6.36. The highest BCUT2D eigenvalue weighted by molar-refractivity contribution is 7.98. The first-order chi connectivity index (χ1) is 25.8. The maximum atomic E-state index is 13.8. The lowest BCUT2D eigenvalue weighted by atomic mass is 9.84. The van der Waals surface area contributed by atoms with E-state index >= 15 is 0 Å². The molecule has 1 aliphatic rings. The first-order valence-electron chi connectivity index (χ1n) is 19.3. The molecule has 1 aromatic carbocycles. The Morgan fingerprint density at radius 1 is 0.906 bits per heavy atom. The lowest BCUT2D eigenvalue weighted by molar-refractivity contribution is -0.137. The molecule has 0 heterocycles. The number of nitrogens with one attached hydrogen (secondary N) is 5. The Morgan fingerprint density at radius 2 is 1.58 bits per heavy atom. The number of alkyl carbamates (subject to hydrolysis) is 1. The minimum Gasteiger partial charge on any atom is -0.508 e. The number of hydrogen-bond acceptors (Lipinski definition) is 9. The van der Waals surface area contributed by atoms with Gasteiger partial charge >= 0.3 is 12.1 Å². The summed E-state index contributed by atoms with van der Waals surface area (Å²) in [6, 6.07) is -0.241. The van der Waals surface area contributed by atoms with Crippen molar-refractivity contribution >= 4 is 47.5 Å². The molecule has 2 rings (SSSR count). The normalized spacial score (nSPS) is 14.9. The number of carbonyl (C=O) groups excluding carboxylic acids is 5. The molecule has 1 fully saturated rings. The molecule has 1 aromatic rings. The van der Waals surface area contributed by atoms with Crippen molar-refractivity contribution in [2.24, 2.45) is 5.92 Å². The van der Waals surface area contributed by atoms with Crippen LogP contribution >= 0.6 is 11.8 Å². The zero-order valence-corrected chi connectivity index (χ0v) is 32.6. The van der Waals surface area contributed by atoms with Crippen molar-refractivity contribution in [3.05, 3.63) is 28.8 Å². The molecule has 0 bridgehead atoms. The van der Waals surface area contributed by atoms with Crippen molar-refractivity contribution in [1.29, 1.82) is 0 Å². The van der Waals surface area contributed by atoms with E-state index < -0.39 is 54.5 Å². The van der Waals surface area contributed by atoms with E-state index in [2.05, 4.69) is 21.3 Å². The fourth-order valence-corrected chi connectivity index (χ4v) is 6.83. The number of aliphatic carboxylic acids is 1. The fraction of sp³-hybridized carbons (Fsp3) is 0.684. The Morgan fingerprint density at radius 3 is 2.23 bits per heavy atom. The van der Waals surface area contributed by atoms with Gasteiger partial charge in [0.25, 0.3) is 0 Å². The second-order valence-electron chi connectivity index (χ2n) is 13.8. The van der Waals surface area contributed by atoms with E-state index in [1.54, 1.807) is 13.8 Å². The van der Waals surface area contributed by atoms with Crippen LogP contribution in [-0.2, 0) is 35.1 Å². The summed E-state index contributed by atoms with van der Waals surface area (Å²) >= 11 is 1.45. The third kappa shape index (κ3) is 18.0. The van der Waals surface area contributed by atoms with E-state index in [4.69, 9.17) is 11.3 Å². The average molecular weight is 765 g/mol. The van der Waals surface area contributed by atoms with E-state index in [9.17, 15) is 33.9 Å². The Kier molecular flexibility index (Phi) is 20.5. The van der Waals surface area contributed by atoms with Crippen LogP contribution in [0.2, 0.25) is 1.41 Å². The number of thioether (sulfide) groups is 1. The van der Waals surface area contributed by atoms with Crippen molar-refractivity contribution in [2.75, 3.05) is 31.7 Å². The van der Waals surface area contributed by atoms with Crippen molar-refractivity contribution in [2.45, 2.75) is 129 Å². The van der Waals surface area contributed by atoms with Crippen LogP contribution in [0.4, 0.5) is 4.79 Å². The summed E-state index contributed by atoms with van der Waals surface area (Å²) in [6.45, 7) is 5.40. The highest BCUT2D eigenvalue weighted by atomic mass is 32.2. The standard InChI is InChI=1S/C38H61N5O9S/c1-5-6-18-52-38(51)43-32(23-29-25(2)20-28(44)21-26(29)3)37(50)42-30(16-19-53-4)35(48)40-24-33(45)41-31(22-27-13-9-7-10-14-27)36(49)39-17-12-8-11-15-34(46)47/h20-21,27,30-32,44H,5-19,22-24H2,1-4H3,(H,39,49)(H,40,48)(H,41,45)(H,42,50)(H,43,51)(H,46,47)/t30-,31-,32-/m0/s1/i/hD. The van der Waals surface area contributed by atoms with Crippen LogP contribution < -0.4 is 26.6 Å². The zero-order chi connectivity index (χ0) is 40.0. The van der Waals surface area contributed by atoms with Crippen molar-refractivity contribution in [3.63, 3.8) is 0 Å². The number of benzene rings is 1. The molecule has 5 amide bonds. The van der Waals surface area contributed by atoms with Crippen LogP contribution in [0.5, 0.6) is 5.75 Å². The van der Waals surface area contributed by atoms with Crippen LogP contribution in [0.15, 0.2) is 12.1 Å². The van der Waals surface area contributed by atoms with Crippen molar-refractivity contribution < 1.29 is 45.1 Å². The molecule has 7 N–H and O–H groups in total.